The lowest BCUT2D eigenvalue weighted by atomic mass is 9.92. The van der Waals surface area contributed by atoms with Gasteiger partial charge in [-0.1, -0.05) is 26.8 Å². The molecule has 1 aromatic heterocycles. The van der Waals surface area contributed by atoms with Crippen molar-refractivity contribution in [3.05, 3.63) is 23.4 Å². The van der Waals surface area contributed by atoms with Crippen molar-refractivity contribution in [1.82, 2.24) is 15.2 Å². The molecule has 0 bridgehead atoms. The topological polar surface area (TPSA) is 104 Å². The Morgan fingerprint density at radius 1 is 1.26 bits per heavy atom. The molecule has 35 heavy (non-hydrogen) atoms. The summed E-state index contributed by atoms with van der Waals surface area (Å²) >= 11 is 0. The molecule has 0 aliphatic carbocycles. The molecule has 1 saturated heterocycles. The molecule has 1 aromatic rings. The number of hydrogen-bond donors (Lipinski definition) is 3. The molecule has 2 atom stereocenters. The number of nitrogens with one attached hydrogen (secondary N) is 2. The van der Waals surface area contributed by atoms with E-state index in [0.29, 0.717) is 19.4 Å². The molecule has 2 aliphatic rings. The molecular weight excluding hydrogens is 444 g/mol. The number of hydrogen-bond acceptors (Lipinski definition) is 6. The van der Waals surface area contributed by atoms with Crippen LogP contribution in [0.5, 0.6) is 0 Å². The van der Waals surface area contributed by atoms with Crippen LogP contribution < -0.4 is 10.6 Å². The molecule has 0 spiro atoms. The minimum absolute atomic E-state index is 0.179. The summed E-state index contributed by atoms with van der Waals surface area (Å²) in [5.74, 6) is -0.138. The monoisotopic (exact) mass is 488 g/mol. The van der Waals surface area contributed by atoms with Gasteiger partial charge in [0.05, 0.1) is 6.10 Å². The number of nitrogens with zero attached hydrogens (tertiary/aromatic N) is 2. The predicted molar refractivity (Wildman–Crippen MR) is 138 cm³/mol. The number of aliphatic carboxylic acids is 1. The maximum Gasteiger partial charge on any atom is 0.326 e. The lowest BCUT2D eigenvalue weighted by Crippen LogP contribution is -2.45. The molecule has 0 saturated carbocycles. The fraction of sp³-hybridized carbons (Fsp3) is 0.741. The van der Waals surface area contributed by atoms with E-state index < -0.39 is 12.0 Å². The van der Waals surface area contributed by atoms with Crippen molar-refractivity contribution in [1.29, 1.82) is 0 Å². The van der Waals surface area contributed by atoms with Crippen molar-refractivity contribution in [2.75, 3.05) is 38.1 Å². The highest BCUT2D eigenvalue weighted by Gasteiger charge is 2.25. The number of carboxylic acid groups (broad SMARTS) is 1. The van der Waals surface area contributed by atoms with Gasteiger partial charge in [-0.15, -0.1) is 0 Å². The number of carbonyl (C=O) groups is 2. The van der Waals surface area contributed by atoms with Gasteiger partial charge >= 0.3 is 5.97 Å². The first-order chi connectivity index (χ1) is 16.7. The van der Waals surface area contributed by atoms with E-state index in [1.165, 1.54) is 5.56 Å². The van der Waals surface area contributed by atoms with Crippen molar-refractivity contribution in [3.8, 4) is 0 Å². The molecule has 2 aliphatic heterocycles. The summed E-state index contributed by atoms with van der Waals surface area (Å²) in [6.07, 6.45) is 8.26. The molecule has 3 heterocycles. The Morgan fingerprint density at radius 3 is 2.80 bits per heavy atom. The molecule has 3 rings (SSSR count). The first-order valence-electron chi connectivity index (χ1n) is 13.3. The van der Waals surface area contributed by atoms with Crippen molar-refractivity contribution in [2.45, 2.75) is 90.7 Å². The number of ether oxygens (including phenoxy) is 1. The standard InChI is InChI=1S/C27H44N4O4/c1-27(2,3)18-24(32)30-23(26(33)34)13-16-31(19-22-10-7-17-35-22)15-5-4-9-21-12-11-20-8-6-14-28-25(20)29-21/h11-12,22-23H,4-10,13-19H2,1-3H3,(H,28,29)(H,30,32)(H,33,34). The minimum atomic E-state index is -0.976. The van der Waals surface area contributed by atoms with Gasteiger partial charge in [0, 0.05) is 38.4 Å². The summed E-state index contributed by atoms with van der Waals surface area (Å²) in [5.41, 5.74) is 2.25. The summed E-state index contributed by atoms with van der Waals surface area (Å²) in [5, 5.41) is 15.8. The zero-order valence-electron chi connectivity index (χ0n) is 21.8. The van der Waals surface area contributed by atoms with Gasteiger partial charge in [-0.25, -0.2) is 9.78 Å². The van der Waals surface area contributed by atoms with Gasteiger partial charge in [0.15, 0.2) is 0 Å². The van der Waals surface area contributed by atoms with Crippen LogP contribution in [0.25, 0.3) is 0 Å². The Balaban J connectivity index is 1.48. The Morgan fingerprint density at radius 2 is 2.09 bits per heavy atom. The normalized spacial score (nSPS) is 18.7. The molecular formula is C27H44N4O4. The van der Waals surface area contributed by atoms with Crippen LogP contribution in [-0.4, -0.2) is 71.8 Å². The van der Waals surface area contributed by atoms with Gasteiger partial charge in [-0.05, 0) is 75.0 Å². The number of carbonyl (C=O) groups excluding carboxylic acids is 1. The summed E-state index contributed by atoms with van der Waals surface area (Å²) in [6, 6.07) is 3.48. The smallest absolute Gasteiger partial charge is 0.326 e. The van der Waals surface area contributed by atoms with Crippen LogP contribution in [0.1, 0.15) is 77.0 Å². The average molecular weight is 489 g/mol. The summed E-state index contributed by atoms with van der Waals surface area (Å²) in [7, 11) is 0. The molecule has 3 N–H and O–H groups in total. The first kappa shape index (κ1) is 27.4. The molecule has 1 fully saturated rings. The Labute approximate surface area is 210 Å². The van der Waals surface area contributed by atoms with E-state index in [0.717, 1.165) is 82.7 Å². The quantitative estimate of drug-likeness (QED) is 0.364. The molecule has 0 aromatic carbocycles. The number of rotatable bonds is 13. The first-order valence-corrected chi connectivity index (χ1v) is 13.3. The third-order valence-electron chi connectivity index (χ3n) is 6.65. The largest absolute Gasteiger partial charge is 0.480 e. The van der Waals surface area contributed by atoms with Crippen LogP contribution in [0.2, 0.25) is 0 Å². The third kappa shape index (κ3) is 9.76. The van der Waals surface area contributed by atoms with Crippen molar-refractivity contribution in [2.24, 2.45) is 5.41 Å². The molecule has 8 heteroatoms. The second kappa shape index (κ2) is 13.2. The second-order valence-electron chi connectivity index (χ2n) is 11.2. The third-order valence-corrected chi connectivity index (χ3v) is 6.65. The van der Waals surface area contributed by atoms with Gasteiger partial charge in [-0.3, -0.25) is 4.79 Å². The number of amides is 1. The zero-order chi connectivity index (χ0) is 25.3. The van der Waals surface area contributed by atoms with E-state index >= 15 is 0 Å². The van der Waals surface area contributed by atoms with Crippen LogP contribution in [0, 0.1) is 5.41 Å². The lowest BCUT2D eigenvalue weighted by Gasteiger charge is -2.27. The molecule has 196 valence electrons. The van der Waals surface area contributed by atoms with E-state index in [2.05, 4.69) is 27.7 Å². The van der Waals surface area contributed by atoms with Crippen LogP contribution in [0.4, 0.5) is 5.82 Å². The van der Waals surface area contributed by atoms with Crippen LogP contribution in [-0.2, 0) is 27.2 Å². The summed E-state index contributed by atoms with van der Waals surface area (Å²) < 4.78 is 5.84. The fourth-order valence-corrected chi connectivity index (χ4v) is 4.82. The molecule has 2 unspecified atom stereocenters. The van der Waals surface area contributed by atoms with Gasteiger partial charge in [-0.2, -0.15) is 0 Å². The number of aromatic nitrogens is 1. The van der Waals surface area contributed by atoms with Crippen LogP contribution >= 0.6 is 0 Å². The number of carboxylic acids is 1. The lowest BCUT2D eigenvalue weighted by molar-refractivity contribution is -0.142. The van der Waals surface area contributed by atoms with Gasteiger partial charge in [0.2, 0.25) is 5.91 Å². The zero-order valence-corrected chi connectivity index (χ0v) is 21.8. The van der Waals surface area contributed by atoms with E-state index in [4.69, 9.17) is 9.72 Å². The van der Waals surface area contributed by atoms with E-state index in [1.54, 1.807) is 0 Å². The highest BCUT2D eigenvalue weighted by molar-refractivity contribution is 5.83. The molecule has 8 nitrogen and oxygen atoms in total. The Kier molecular flexibility index (Phi) is 10.3. The highest BCUT2D eigenvalue weighted by Crippen LogP contribution is 2.21. The van der Waals surface area contributed by atoms with Gasteiger partial charge < -0.3 is 25.4 Å². The van der Waals surface area contributed by atoms with Crippen molar-refractivity contribution < 1.29 is 19.4 Å². The summed E-state index contributed by atoms with van der Waals surface area (Å²) in [4.78, 5) is 31.2. The maximum absolute atomic E-state index is 12.3. The number of anilines is 1. The molecule has 0 radical (unpaired) electrons. The summed E-state index contributed by atoms with van der Waals surface area (Å²) in [6.45, 7) is 10.0. The van der Waals surface area contributed by atoms with Crippen LogP contribution in [0.15, 0.2) is 12.1 Å². The second-order valence-corrected chi connectivity index (χ2v) is 11.2. The van der Waals surface area contributed by atoms with Gasteiger partial charge in [0.1, 0.15) is 11.9 Å². The number of aryl methyl sites for hydroxylation is 2. The maximum atomic E-state index is 12.3. The highest BCUT2D eigenvalue weighted by atomic mass is 16.5. The van der Waals surface area contributed by atoms with E-state index in [9.17, 15) is 14.7 Å². The van der Waals surface area contributed by atoms with Crippen molar-refractivity contribution in [3.63, 3.8) is 0 Å². The Hall–Kier alpha value is -2.19. The van der Waals surface area contributed by atoms with E-state index in [-0.39, 0.29) is 17.4 Å². The van der Waals surface area contributed by atoms with Crippen molar-refractivity contribution >= 4 is 17.7 Å². The minimum Gasteiger partial charge on any atom is -0.480 e. The van der Waals surface area contributed by atoms with Crippen LogP contribution in [0.3, 0.4) is 0 Å². The fourth-order valence-electron chi connectivity index (χ4n) is 4.82. The molecule has 1 amide bonds. The Bertz CT molecular complexity index is 833. The average Bonchev–Trinajstić information content (AvgIpc) is 3.30. The SMILES string of the molecule is CC(C)(C)CC(=O)NC(CCN(CCCCc1ccc2c(n1)NCCC2)CC1CCCO1)C(=O)O. The number of fused-ring (bicyclic) bond motifs is 1. The van der Waals surface area contributed by atoms with E-state index in [1.807, 2.05) is 20.8 Å². The van der Waals surface area contributed by atoms with Gasteiger partial charge in [0.25, 0.3) is 0 Å². The predicted octanol–water partition coefficient (Wildman–Crippen LogP) is 3.64. The number of unbranched alkanes of at least 4 members (excludes halogenated alkanes) is 1. The number of pyridine rings is 1.